The number of rotatable bonds is 5. The van der Waals surface area contributed by atoms with Crippen LogP contribution in [0.2, 0.25) is 0 Å². The van der Waals surface area contributed by atoms with Crippen LogP contribution in [0.4, 0.5) is 17.3 Å². The molecule has 3 heterocycles. The van der Waals surface area contributed by atoms with E-state index >= 15 is 0 Å². The van der Waals surface area contributed by atoms with E-state index in [2.05, 4.69) is 20.6 Å². The highest BCUT2D eigenvalue weighted by Gasteiger charge is 2.15. The number of hydrogen-bond acceptors (Lipinski definition) is 7. The average molecular weight is 328 g/mol. The standard InChI is InChI=1S/C17H20N4O3/c1-2-13(22-5-1)10-18-16-9-17(20-11-19-16)21-12-3-4-14-15(8-12)24-7-6-23-14/h3-4,8-9,11,13H,1-2,5-7,10H2,(H2,18,19,20,21). The third kappa shape index (κ3) is 3.51. The molecule has 1 aromatic heterocycles. The first-order valence-electron chi connectivity index (χ1n) is 8.21. The maximum absolute atomic E-state index is 5.61. The molecule has 1 aromatic carbocycles. The fourth-order valence-corrected chi connectivity index (χ4v) is 2.82. The summed E-state index contributed by atoms with van der Waals surface area (Å²) in [7, 11) is 0. The van der Waals surface area contributed by atoms with E-state index in [0.29, 0.717) is 13.2 Å². The molecular formula is C17H20N4O3. The summed E-state index contributed by atoms with van der Waals surface area (Å²) < 4.78 is 16.7. The summed E-state index contributed by atoms with van der Waals surface area (Å²) in [6.45, 7) is 2.78. The lowest BCUT2D eigenvalue weighted by molar-refractivity contribution is 0.120. The maximum atomic E-state index is 5.61. The first kappa shape index (κ1) is 15.0. The van der Waals surface area contributed by atoms with Gasteiger partial charge >= 0.3 is 0 Å². The van der Waals surface area contributed by atoms with Crippen LogP contribution in [0.5, 0.6) is 11.5 Å². The fourth-order valence-electron chi connectivity index (χ4n) is 2.82. The van der Waals surface area contributed by atoms with Crippen LogP contribution in [0.1, 0.15) is 12.8 Å². The molecule has 0 amide bonds. The summed E-state index contributed by atoms with van der Waals surface area (Å²) in [5.41, 5.74) is 0.892. The smallest absolute Gasteiger partial charge is 0.163 e. The summed E-state index contributed by atoms with van der Waals surface area (Å²) in [6.07, 6.45) is 4.04. The van der Waals surface area contributed by atoms with Gasteiger partial charge in [-0.05, 0) is 25.0 Å². The van der Waals surface area contributed by atoms with Crippen molar-refractivity contribution in [2.24, 2.45) is 0 Å². The Morgan fingerprint density at radius 2 is 1.88 bits per heavy atom. The second-order valence-corrected chi connectivity index (χ2v) is 5.79. The first-order chi connectivity index (χ1) is 11.9. The summed E-state index contributed by atoms with van der Waals surface area (Å²) in [4.78, 5) is 8.51. The molecule has 2 aliphatic heterocycles. The van der Waals surface area contributed by atoms with E-state index in [0.717, 1.165) is 54.8 Å². The molecule has 1 saturated heterocycles. The van der Waals surface area contributed by atoms with Gasteiger partial charge in [0.2, 0.25) is 0 Å². The summed E-state index contributed by atoms with van der Waals surface area (Å²) in [6, 6.07) is 7.63. The molecule has 4 rings (SSSR count). The third-order valence-electron chi connectivity index (χ3n) is 4.02. The monoisotopic (exact) mass is 328 g/mol. The van der Waals surface area contributed by atoms with Crippen LogP contribution in [0.15, 0.2) is 30.6 Å². The predicted octanol–water partition coefficient (Wildman–Crippen LogP) is 2.58. The Balaban J connectivity index is 1.41. The predicted molar refractivity (Wildman–Crippen MR) is 90.2 cm³/mol. The van der Waals surface area contributed by atoms with E-state index < -0.39 is 0 Å². The molecule has 7 nitrogen and oxygen atoms in total. The number of anilines is 3. The number of benzene rings is 1. The summed E-state index contributed by atoms with van der Waals surface area (Å²) in [5, 5.41) is 6.57. The van der Waals surface area contributed by atoms with Gasteiger partial charge in [-0.2, -0.15) is 0 Å². The second kappa shape index (κ2) is 6.92. The van der Waals surface area contributed by atoms with E-state index in [4.69, 9.17) is 14.2 Å². The minimum Gasteiger partial charge on any atom is -0.486 e. The van der Waals surface area contributed by atoms with Crippen molar-refractivity contribution in [1.82, 2.24) is 9.97 Å². The number of aromatic nitrogens is 2. The third-order valence-corrected chi connectivity index (χ3v) is 4.02. The topological polar surface area (TPSA) is 77.5 Å². The average Bonchev–Trinajstić information content (AvgIpc) is 3.14. The molecule has 0 aliphatic carbocycles. The Kier molecular flexibility index (Phi) is 4.33. The highest BCUT2D eigenvalue weighted by Crippen LogP contribution is 2.33. The Morgan fingerprint density at radius 1 is 1.00 bits per heavy atom. The van der Waals surface area contributed by atoms with Gasteiger partial charge in [-0.15, -0.1) is 0 Å². The summed E-state index contributed by atoms with van der Waals surface area (Å²) >= 11 is 0. The van der Waals surface area contributed by atoms with Crippen molar-refractivity contribution in [3.8, 4) is 11.5 Å². The van der Waals surface area contributed by atoms with E-state index in [1.165, 1.54) is 6.33 Å². The molecule has 0 saturated carbocycles. The molecule has 1 atom stereocenters. The molecule has 1 unspecified atom stereocenters. The zero-order valence-electron chi connectivity index (χ0n) is 13.3. The van der Waals surface area contributed by atoms with Crippen molar-refractivity contribution < 1.29 is 14.2 Å². The van der Waals surface area contributed by atoms with Gasteiger partial charge in [0.15, 0.2) is 11.5 Å². The van der Waals surface area contributed by atoms with E-state index in [1.54, 1.807) is 0 Å². The van der Waals surface area contributed by atoms with Crippen LogP contribution in [0, 0.1) is 0 Å². The van der Waals surface area contributed by atoms with Gasteiger partial charge in [-0.3, -0.25) is 0 Å². The molecule has 2 N–H and O–H groups in total. The van der Waals surface area contributed by atoms with Gasteiger partial charge in [0.25, 0.3) is 0 Å². The minimum atomic E-state index is 0.272. The van der Waals surface area contributed by atoms with Gasteiger partial charge in [-0.25, -0.2) is 9.97 Å². The Bertz CT molecular complexity index is 704. The fraction of sp³-hybridized carbons (Fsp3) is 0.412. The zero-order valence-corrected chi connectivity index (χ0v) is 13.3. The van der Waals surface area contributed by atoms with E-state index in [9.17, 15) is 0 Å². The highest BCUT2D eigenvalue weighted by atomic mass is 16.6. The lowest BCUT2D eigenvalue weighted by Crippen LogP contribution is -2.19. The van der Waals surface area contributed by atoms with Crippen LogP contribution in [0.3, 0.4) is 0 Å². The molecule has 1 fully saturated rings. The highest BCUT2D eigenvalue weighted by molar-refractivity contribution is 5.63. The molecule has 2 aromatic rings. The van der Waals surface area contributed by atoms with Gasteiger partial charge in [0, 0.05) is 31.0 Å². The van der Waals surface area contributed by atoms with Crippen LogP contribution >= 0.6 is 0 Å². The van der Waals surface area contributed by atoms with Gasteiger partial charge < -0.3 is 24.8 Å². The van der Waals surface area contributed by atoms with Gasteiger partial charge in [0.1, 0.15) is 31.2 Å². The number of hydrogen-bond donors (Lipinski definition) is 2. The quantitative estimate of drug-likeness (QED) is 0.873. The van der Waals surface area contributed by atoms with Crippen molar-refractivity contribution in [2.75, 3.05) is 37.0 Å². The second-order valence-electron chi connectivity index (χ2n) is 5.79. The Hall–Kier alpha value is -2.54. The summed E-state index contributed by atoms with van der Waals surface area (Å²) in [5.74, 6) is 3.02. The van der Waals surface area contributed by atoms with Crippen LogP contribution < -0.4 is 20.1 Å². The van der Waals surface area contributed by atoms with E-state index in [1.807, 2.05) is 24.3 Å². The van der Waals surface area contributed by atoms with E-state index in [-0.39, 0.29) is 6.10 Å². The molecule has 0 spiro atoms. The van der Waals surface area contributed by atoms with Crippen LogP contribution in [-0.2, 0) is 4.74 Å². The lowest BCUT2D eigenvalue weighted by atomic mass is 10.2. The van der Waals surface area contributed by atoms with Crippen molar-refractivity contribution in [1.29, 1.82) is 0 Å². The molecule has 126 valence electrons. The Morgan fingerprint density at radius 3 is 2.75 bits per heavy atom. The van der Waals surface area contributed by atoms with Crippen molar-refractivity contribution in [2.45, 2.75) is 18.9 Å². The van der Waals surface area contributed by atoms with Crippen LogP contribution in [-0.4, -0.2) is 42.4 Å². The molecule has 0 radical (unpaired) electrons. The lowest BCUT2D eigenvalue weighted by Gasteiger charge is -2.19. The van der Waals surface area contributed by atoms with Gasteiger partial charge in [0.05, 0.1) is 6.10 Å². The molecule has 0 bridgehead atoms. The van der Waals surface area contributed by atoms with Crippen LogP contribution in [0.25, 0.3) is 0 Å². The molecule has 24 heavy (non-hydrogen) atoms. The molecular weight excluding hydrogens is 308 g/mol. The van der Waals surface area contributed by atoms with Crippen molar-refractivity contribution in [3.63, 3.8) is 0 Å². The normalized spacial score (nSPS) is 19.1. The number of nitrogens with one attached hydrogen (secondary N) is 2. The number of ether oxygens (including phenoxy) is 3. The largest absolute Gasteiger partial charge is 0.486 e. The first-order valence-corrected chi connectivity index (χ1v) is 8.21. The van der Waals surface area contributed by atoms with Crippen molar-refractivity contribution >= 4 is 17.3 Å². The minimum absolute atomic E-state index is 0.272. The van der Waals surface area contributed by atoms with Gasteiger partial charge in [-0.1, -0.05) is 0 Å². The maximum Gasteiger partial charge on any atom is 0.163 e. The SMILES string of the molecule is c1nc(NCC2CCCO2)cc(Nc2ccc3c(c2)OCCO3)n1. The van der Waals surface area contributed by atoms with Crippen molar-refractivity contribution in [3.05, 3.63) is 30.6 Å². The molecule has 2 aliphatic rings. The number of fused-ring (bicyclic) bond motifs is 1. The Labute approximate surface area is 140 Å². The zero-order chi connectivity index (χ0) is 16.2. The number of nitrogens with zero attached hydrogens (tertiary/aromatic N) is 2. The molecule has 7 heteroatoms.